The molecule has 0 aliphatic carbocycles. The van der Waals surface area contributed by atoms with Crippen molar-refractivity contribution in [3.05, 3.63) is 22.7 Å². The Bertz CT molecular complexity index is 637. The summed E-state index contributed by atoms with van der Waals surface area (Å²) in [7, 11) is 0. The smallest absolute Gasteiger partial charge is 0.307 e. The molecule has 7 nitrogen and oxygen atoms in total. The number of hydrogen-bond acceptors (Lipinski definition) is 7. The monoisotopic (exact) mass is 337 g/mol. The quantitative estimate of drug-likeness (QED) is 0.742. The van der Waals surface area contributed by atoms with E-state index in [1.54, 1.807) is 25.2 Å². The Morgan fingerprint density at radius 2 is 2.22 bits per heavy atom. The number of esters is 1. The number of carbonyl (C=O) groups excluding carboxylic acids is 2. The lowest BCUT2D eigenvalue weighted by Gasteiger charge is -2.08. The molecule has 0 spiro atoms. The first-order valence-corrected chi connectivity index (χ1v) is 8.30. The average Bonchev–Trinajstić information content (AvgIpc) is 3.15. The standard InChI is InChI=1S/C15H19N3O4S/c1-10(2)21-14(20)5-7-16-12(19)3-4-13-17-15(18-22-13)11-6-8-23-9-11/h6,8-10H,3-5,7H2,1-2H3,(H,16,19). The van der Waals surface area contributed by atoms with Crippen LogP contribution in [0.3, 0.4) is 0 Å². The highest BCUT2D eigenvalue weighted by Gasteiger charge is 2.11. The van der Waals surface area contributed by atoms with Crippen LogP contribution >= 0.6 is 11.3 Å². The number of ether oxygens (including phenoxy) is 1. The van der Waals surface area contributed by atoms with Gasteiger partial charge in [0.2, 0.25) is 17.6 Å². The second-order valence-corrected chi connectivity index (χ2v) is 5.94. The zero-order valence-corrected chi connectivity index (χ0v) is 13.9. The average molecular weight is 337 g/mol. The van der Waals surface area contributed by atoms with E-state index in [1.165, 1.54) is 0 Å². The Balaban J connectivity index is 1.68. The van der Waals surface area contributed by atoms with E-state index in [1.807, 2.05) is 16.8 Å². The molecule has 2 aromatic rings. The van der Waals surface area contributed by atoms with E-state index in [2.05, 4.69) is 15.5 Å². The predicted molar refractivity (Wildman–Crippen MR) is 84.8 cm³/mol. The van der Waals surface area contributed by atoms with E-state index in [-0.39, 0.29) is 37.4 Å². The summed E-state index contributed by atoms with van der Waals surface area (Å²) in [5.74, 6) is 0.453. The summed E-state index contributed by atoms with van der Waals surface area (Å²) in [4.78, 5) is 27.3. The molecule has 0 saturated heterocycles. The van der Waals surface area contributed by atoms with Gasteiger partial charge in [0.25, 0.3) is 0 Å². The van der Waals surface area contributed by atoms with Crippen molar-refractivity contribution in [3.8, 4) is 11.4 Å². The third-order valence-corrected chi connectivity index (χ3v) is 3.52. The van der Waals surface area contributed by atoms with E-state index in [4.69, 9.17) is 9.26 Å². The van der Waals surface area contributed by atoms with E-state index in [9.17, 15) is 9.59 Å². The van der Waals surface area contributed by atoms with Crippen molar-refractivity contribution in [1.29, 1.82) is 0 Å². The number of nitrogens with one attached hydrogen (secondary N) is 1. The van der Waals surface area contributed by atoms with Gasteiger partial charge in [0.15, 0.2) is 0 Å². The fourth-order valence-electron chi connectivity index (χ4n) is 1.80. The zero-order chi connectivity index (χ0) is 16.7. The van der Waals surface area contributed by atoms with Crippen LogP contribution in [0.2, 0.25) is 0 Å². The van der Waals surface area contributed by atoms with Crippen LogP contribution in [0.5, 0.6) is 0 Å². The molecule has 2 rings (SSSR count). The normalized spacial score (nSPS) is 10.7. The van der Waals surface area contributed by atoms with Crippen molar-refractivity contribution < 1.29 is 18.8 Å². The fraction of sp³-hybridized carbons (Fsp3) is 0.467. The van der Waals surface area contributed by atoms with Gasteiger partial charge in [0, 0.05) is 30.3 Å². The highest BCUT2D eigenvalue weighted by Crippen LogP contribution is 2.18. The molecule has 0 atom stereocenters. The molecule has 0 radical (unpaired) electrons. The van der Waals surface area contributed by atoms with Crippen LogP contribution < -0.4 is 5.32 Å². The van der Waals surface area contributed by atoms with Crippen LogP contribution in [0.25, 0.3) is 11.4 Å². The number of rotatable bonds is 8. The SMILES string of the molecule is CC(C)OC(=O)CCNC(=O)CCc1nc(-c2ccsc2)no1. The molecule has 2 aromatic heterocycles. The van der Waals surface area contributed by atoms with Crippen LogP contribution in [0, 0.1) is 0 Å². The molecule has 0 saturated carbocycles. The highest BCUT2D eigenvalue weighted by molar-refractivity contribution is 7.08. The molecular weight excluding hydrogens is 318 g/mol. The topological polar surface area (TPSA) is 94.3 Å². The van der Waals surface area contributed by atoms with Crippen molar-refractivity contribution >= 4 is 23.2 Å². The molecule has 0 unspecified atom stereocenters. The minimum atomic E-state index is -0.322. The maximum absolute atomic E-state index is 11.7. The summed E-state index contributed by atoms with van der Waals surface area (Å²) in [6.45, 7) is 3.82. The molecule has 1 N–H and O–H groups in total. The number of thiophene rings is 1. The van der Waals surface area contributed by atoms with Gasteiger partial charge in [-0.25, -0.2) is 0 Å². The largest absolute Gasteiger partial charge is 0.463 e. The lowest BCUT2D eigenvalue weighted by molar-refractivity contribution is -0.147. The van der Waals surface area contributed by atoms with Crippen molar-refractivity contribution in [2.24, 2.45) is 0 Å². The van der Waals surface area contributed by atoms with Crippen molar-refractivity contribution in [3.63, 3.8) is 0 Å². The van der Waals surface area contributed by atoms with Gasteiger partial charge in [-0.3, -0.25) is 9.59 Å². The summed E-state index contributed by atoms with van der Waals surface area (Å²) in [5.41, 5.74) is 0.901. The molecule has 0 aliphatic heterocycles. The molecular formula is C15H19N3O4S. The first-order valence-electron chi connectivity index (χ1n) is 7.36. The Hall–Kier alpha value is -2.22. The Labute approximate surface area is 138 Å². The summed E-state index contributed by atoms with van der Waals surface area (Å²) in [6.07, 6.45) is 0.601. The Kier molecular flexibility index (Phi) is 6.28. The number of aromatic nitrogens is 2. The van der Waals surface area contributed by atoms with Crippen LogP contribution in [0.1, 0.15) is 32.6 Å². The Morgan fingerprint density at radius 1 is 1.39 bits per heavy atom. The molecule has 8 heteroatoms. The minimum Gasteiger partial charge on any atom is -0.463 e. The summed E-state index contributed by atoms with van der Waals surface area (Å²) >= 11 is 1.55. The zero-order valence-electron chi connectivity index (χ0n) is 13.1. The highest BCUT2D eigenvalue weighted by atomic mass is 32.1. The van der Waals surface area contributed by atoms with Gasteiger partial charge in [-0.2, -0.15) is 16.3 Å². The van der Waals surface area contributed by atoms with E-state index >= 15 is 0 Å². The lowest BCUT2D eigenvalue weighted by atomic mass is 10.3. The second kappa shape index (κ2) is 8.42. The molecule has 2 heterocycles. The van der Waals surface area contributed by atoms with E-state index < -0.39 is 0 Å². The van der Waals surface area contributed by atoms with Crippen molar-refractivity contribution in [1.82, 2.24) is 15.5 Å². The molecule has 0 fully saturated rings. The lowest BCUT2D eigenvalue weighted by Crippen LogP contribution is -2.27. The van der Waals surface area contributed by atoms with Crippen LogP contribution in [-0.4, -0.2) is 34.7 Å². The summed E-state index contributed by atoms with van der Waals surface area (Å²) in [5, 5.41) is 10.4. The van der Waals surface area contributed by atoms with Gasteiger partial charge in [-0.15, -0.1) is 0 Å². The number of nitrogens with zero attached hydrogens (tertiary/aromatic N) is 2. The number of amides is 1. The molecule has 124 valence electrons. The van der Waals surface area contributed by atoms with Crippen LogP contribution in [0.4, 0.5) is 0 Å². The van der Waals surface area contributed by atoms with Crippen molar-refractivity contribution in [2.45, 2.75) is 39.2 Å². The third-order valence-electron chi connectivity index (χ3n) is 2.83. The van der Waals surface area contributed by atoms with Gasteiger partial charge < -0.3 is 14.6 Å². The first-order chi connectivity index (χ1) is 11.0. The Morgan fingerprint density at radius 3 is 2.91 bits per heavy atom. The predicted octanol–water partition coefficient (Wildman–Crippen LogP) is 2.19. The second-order valence-electron chi connectivity index (χ2n) is 5.16. The summed E-state index contributed by atoms with van der Waals surface area (Å²) < 4.78 is 10.1. The molecule has 0 aromatic carbocycles. The van der Waals surface area contributed by atoms with E-state index in [0.29, 0.717) is 18.1 Å². The molecule has 1 amide bonds. The minimum absolute atomic E-state index is 0.145. The van der Waals surface area contributed by atoms with Crippen LogP contribution in [0.15, 0.2) is 21.3 Å². The summed E-state index contributed by atoms with van der Waals surface area (Å²) in [6, 6.07) is 1.91. The maximum Gasteiger partial charge on any atom is 0.307 e. The van der Waals surface area contributed by atoms with Gasteiger partial charge in [-0.1, -0.05) is 5.16 Å². The van der Waals surface area contributed by atoms with Crippen molar-refractivity contribution in [2.75, 3.05) is 6.54 Å². The number of hydrogen-bond donors (Lipinski definition) is 1. The maximum atomic E-state index is 11.7. The number of aryl methyl sites for hydroxylation is 1. The van der Waals surface area contributed by atoms with E-state index in [0.717, 1.165) is 5.56 Å². The van der Waals surface area contributed by atoms with Gasteiger partial charge >= 0.3 is 5.97 Å². The van der Waals surface area contributed by atoms with Crippen LogP contribution in [-0.2, 0) is 20.7 Å². The van der Waals surface area contributed by atoms with Gasteiger partial charge in [0.1, 0.15) is 0 Å². The van der Waals surface area contributed by atoms with Gasteiger partial charge in [-0.05, 0) is 25.3 Å². The fourth-order valence-corrected chi connectivity index (χ4v) is 2.43. The first kappa shape index (κ1) is 17.1. The third kappa shape index (κ3) is 5.82. The molecule has 0 aliphatic rings. The van der Waals surface area contributed by atoms with Gasteiger partial charge in [0.05, 0.1) is 12.5 Å². The molecule has 0 bridgehead atoms. The number of carbonyl (C=O) groups is 2. The molecule has 23 heavy (non-hydrogen) atoms.